The van der Waals surface area contributed by atoms with Crippen LogP contribution in [0, 0.1) is 6.92 Å². The molecule has 1 heterocycles. The number of hydrogen-bond donors (Lipinski definition) is 1. The highest BCUT2D eigenvalue weighted by atomic mass is 16.1. The van der Waals surface area contributed by atoms with Gasteiger partial charge in [-0.05, 0) is 18.6 Å². The summed E-state index contributed by atoms with van der Waals surface area (Å²) in [4.78, 5) is 15.2. The highest BCUT2D eigenvalue weighted by Gasteiger charge is 2.07. The van der Waals surface area contributed by atoms with Crippen molar-refractivity contribution >= 4 is 16.8 Å². The first-order chi connectivity index (χ1) is 6.70. The number of nitrogens with zero attached hydrogens (tertiary/aromatic N) is 1. The maximum absolute atomic E-state index is 11.0. The van der Waals surface area contributed by atoms with Gasteiger partial charge >= 0.3 is 0 Å². The van der Waals surface area contributed by atoms with Gasteiger partial charge in [0.15, 0.2) is 0 Å². The van der Waals surface area contributed by atoms with E-state index in [9.17, 15) is 4.79 Å². The third kappa shape index (κ3) is 1.23. The molecule has 0 saturated heterocycles. The third-order valence-electron chi connectivity index (χ3n) is 2.31. The lowest BCUT2D eigenvalue weighted by Gasteiger charge is -2.04. The molecule has 3 nitrogen and oxygen atoms in total. The molecule has 2 rings (SSSR count). The minimum Gasteiger partial charge on any atom is -0.366 e. The molecule has 3 heteroatoms. The number of amides is 1. The molecule has 0 aliphatic carbocycles. The van der Waals surface area contributed by atoms with E-state index >= 15 is 0 Å². The number of hydrogen-bond acceptors (Lipinski definition) is 2. The highest BCUT2D eigenvalue weighted by molar-refractivity contribution is 5.98. The minimum absolute atomic E-state index is 0.430. The zero-order valence-electron chi connectivity index (χ0n) is 7.82. The molecule has 1 aromatic heterocycles. The van der Waals surface area contributed by atoms with Crippen molar-refractivity contribution in [3.63, 3.8) is 0 Å². The summed E-state index contributed by atoms with van der Waals surface area (Å²) in [6.45, 7) is 1.88. The average molecular weight is 186 g/mol. The summed E-state index contributed by atoms with van der Waals surface area (Å²) in [5, 5.41) is 0.976. The lowest BCUT2D eigenvalue weighted by Crippen LogP contribution is -2.13. The molecule has 0 bridgehead atoms. The van der Waals surface area contributed by atoms with Crippen LogP contribution in [0.15, 0.2) is 30.5 Å². The largest absolute Gasteiger partial charge is 0.366 e. The fourth-order valence-corrected chi connectivity index (χ4v) is 1.53. The van der Waals surface area contributed by atoms with Crippen LogP contribution in [0.2, 0.25) is 0 Å². The Morgan fingerprint density at radius 1 is 1.36 bits per heavy atom. The fourth-order valence-electron chi connectivity index (χ4n) is 1.53. The van der Waals surface area contributed by atoms with Gasteiger partial charge < -0.3 is 5.73 Å². The van der Waals surface area contributed by atoms with Crippen LogP contribution in [0.25, 0.3) is 10.9 Å². The summed E-state index contributed by atoms with van der Waals surface area (Å²) in [6.07, 6.45) is 1.53. The number of aromatic nitrogens is 1. The highest BCUT2D eigenvalue weighted by Crippen LogP contribution is 2.18. The van der Waals surface area contributed by atoms with E-state index in [-0.39, 0.29) is 0 Å². The Morgan fingerprint density at radius 3 is 2.79 bits per heavy atom. The van der Waals surface area contributed by atoms with E-state index < -0.39 is 5.91 Å². The van der Waals surface area contributed by atoms with Crippen molar-refractivity contribution in [1.82, 2.24) is 4.98 Å². The Kier molecular flexibility index (Phi) is 1.93. The molecular formula is C11H10N2O. The first-order valence-corrected chi connectivity index (χ1v) is 4.34. The van der Waals surface area contributed by atoms with Crippen molar-refractivity contribution in [2.24, 2.45) is 5.73 Å². The quantitative estimate of drug-likeness (QED) is 0.736. The molecule has 0 radical (unpaired) electrons. The van der Waals surface area contributed by atoms with Crippen molar-refractivity contribution in [2.45, 2.75) is 6.92 Å². The number of aryl methyl sites for hydroxylation is 1. The van der Waals surface area contributed by atoms with Crippen molar-refractivity contribution in [3.05, 3.63) is 41.6 Å². The van der Waals surface area contributed by atoms with Crippen LogP contribution in [0.5, 0.6) is 0 Å². The zero-order valence-corrected chi connectivity index (χ0v) is 7.82. The second-order valence-electron chi connectivity index (χ2n) is 3.18. The molecule has 70 valence electrons. The predicted molar refractivity (Wildman–Crippen MR) is 55.0 cm³/mol. The van der Waals surface area contributed by atoms with Gasteiger partial charge in [0.1, 0.15) is 0 Å². The summed E-state index contributed by atoms with van der Waals surface area (Å²) >= 11 is 0. The Balaban J connectivity index is 2.81. The van der Waals surface area contributed by atoms with Gasteiger partial charge in [-0.1, -0.05) is 18.2 Å². The van der Waals surface area contributed by atoms with Gasteiger partial charge in [-0.2, -0.15) is 0 Å². The Bertz CT molecular complexity index is 506. The van der Waals surface area contributed by atoms with Gasteiger partial charge in [0, 0.05) is 11.6 Å². The Hall–Kier alpha value is -1.90. The van der Waals surface area contributed by atoms with Gasteiger partial charge in [-0.15, -0.1) is 0 Å². The molecule has 2 N–H and O–H groups in total. The summed E-state index contributed by atoms with van der Waals surface area (Å²) < 4.78 is 0. The molecule has 2 aromatic rings. The first-order valence-electron chi connectivity index (χ1n) is 4.34. The van der Waals surface area contributed by atoms with E-state index in [4.69, 9.17) is 5.73 Å². The first kappa shape index (κ1) is 8.69. The van der Waals surface area contributed by atoms with Gasteiger partial charge in [0.05, 0.1) is 11.1 Å². The molecule has 0 aliphatic heterocycles. The SMILES string of the molecule is Cc1c(C(N)=O)cnc2ccccc12. The zero-order chi connectivity index (χ0) is 10.1. The van der Waals surface area contributed by atoms with Crippen LogP contribution in [0.3, 0.4) is 0 Å². The van der Waals surface area contributed by atoms with Crippen LogP contribution in [-0.4, -0.2) is 10.9 Å². The number of primary amides is 1. The average Bonchev–Trinajstić information content (AvgIpc) is 2.18. The minimum atomic E-state index is -0.430. The van der Waals surface area contributed by atoms with Crippen LogP contribution < -0.4 is 5.73 Å². The van der Waals surface area contributed by atoms with E-state index in [0.29, 0.717) is 5.56 Å². The molecule has 0 fully saturated rings. The Labute approximate surface area is 81.6 Å². The van der Waals surface area contributed by atoms with Gasteiger partial charge in [-0.25, -0.2) is 0 Å². The number of carbonyl (C=O) groups excluding carboxylic acids is 1. The Morgan fingerprint density at radius 2 is 2.07 bits per heavy atom. The summed E-state index contributed by atoms with van der Waals surface area (Å²) in [6, 6.07) is 7.68. The number of benzene rings is 1. The van der Waals surface area contributed by atoms with Gasteiger partial charge in [0.25, 0.3) is 5.91 Å². The number of para-hydroxylation sites is 1. The molecule has 0 unspecified atom stereocenters. The monoisotopic (exact) mass is 186 g/mol. The molecule has 14 heavy (non-hydrogen) atoms. The lowest BCUT2D eigenvalue weighted by molar-refractivity contribution is 0.0999. The third-order valence-corrected chi connectivity index (χ3v) is 2.31. The number of fused-ring (bicyclic) bond motifs is 1. The van der Waals surface area contributed by atoms with E-state index in [1.165, 1.54) is 6.20 Å². The molecular weight excluding hydrogens is 176 g/mol. The molecule has 0 spiro atoms. The fraction of sp³-hybridized carbons (Fsp3) is 0.0909. The normalized spacial score (nSPS) is 10.4. The standard InChI is InChI=1S/C11H10N2O/c1-7-8-4-2-3-5-10(8)13-6-9(7)11(12)14/h2-6H,1H3,(H2,12,14). The predicted octanol–water partition coefficient (Wildman–Crippen LogP) is 1.64. The maximum Gasteiger partial charge on any atom is 0.250 e. The summed E-state index contributed by atoms with van der Waals surface area (Å²) in [7, 11) is 0. The van der Waals surface area contributed by atoms with Gasteiger partial charge in [0.2, 0.25) is 0 Å². The summed E-state index contributed by atoms with van der Waals surface area (Å²) in [5.41, 5.74) is 7.49. The molecule has 1 aromatic carbocycles. The molecule has 0 saturated carbocycles. The van der Waals surface area contributed by atoms with Crippen molar-refractivity contribution in [3.8, 4) is 0 Å². The van der Waals surface area contributed by atoms with E-state index in [2.05, 4.69) is 4.98 Å². The lowest BCUT2D eigenvalue weighted by atomic mass is 10.1. The van der Waals surface area contributed by atoms with Crippen molar-refractivity contribution in [1.29, 1.82) is 0 Å². The molecule has 1 amide bonds. The van der Waals surface area contributed by atoms with E-state index in [1.54, 1.807) is 0 Å². The number of nitrogens with two attached hydrogens (primary N) is 1. The maximum atomic E-state index is 11.0. The van der Waals surface area contributed by atoms with Crippen LogP contribution in [0.1, 0.15) is 15.9 Å². The molecule has 0 atom stereocenters. The summed E-state index contributed by atoms with van der Waals surface area (Å²) in [5.74, 6) is -0.430. The van der Waals surface area contributed by atoms with Crippen LogP contribution >= 0.6 is 0 Å². The van der Waals surface area contributed by atoms with Crippen LogP contribution in [0.4, 0.5) is 0 Å². The van der Waals surface area contributed by atoms with Crippen LogP contribution in [-0.2, 0) is 0 Å². The van der Waals surface area contributed by atoms with Crippen molar-refractivity contribution < 1.29 is 4.79 Å². The number of pyridine rings is 1. The van der Waals surface area contributed by atoms with Crippen molar-refractivity contribution in [2.75, 3.05) is 0 Å². The number of rotatable bonds is 1. The number of carbonyl (C=O) groups is 1. The van der Waals surface area contributed by atoms with E-state index in [1.807, 2.05) is 31.2 Å². The van der Waals surface area contributed by atoms with Gasteiger partial charge in [-0.3, -0.25) is 9.78 Å². The van der Waals surface area contributed by atoms with E-state index in [0.717, 1.165) is 16.5 Å². The second kappa shape index (κ2) is 3.10. The second-order valence-corrected chi connectivity index (χ2v) is 3.18. The topological polar surface area (TPSA) is 56.0 Å². The molecule has 0 aliphatic rings. The smallest absolute Gasteiger partial charge is 0.250 e.